The second kappa shape index (κ2) is 5.81. The number of carbonyl (C=O) groups excluding carboxylic acids is 1. The van der Waals surface area contributed by atoms with Crippen LogP contribution >= 0.6 is 11.3 Å². The number of thiophene rings is 1. The third-order valence-electron chi connectivity index (χ3n) is 4.43. The normalized spacial score (nSPS) is 17.2. The number of hydrogen-bond acceptors (Lipinski definition) is 2. The first-order chi connectivity index (χ1) is 11.2. The number of nitrogens with one attached hydrogen (secondary N) is 2. The topological polar surface area (TPSA) is 44.9 Å². The Morgan fingerprint density at radius 3 is 3.13 bits per heavy atom. The average Bonchev–Trinajstić information content (AvgIpc) is 3.14. The van der Waals surface area contributed by atoms with Crippen LogP contribution < -0.4 is 5.32 Å². The smallest absolute Gasteiger partial charge is 0.225 e. The molecule has 0 bridgehead atoms. The monoisotopic (exact) mass is 328 g/mol. The second-order valence-electron chi connectivity index (χ2n) is 6.04. The molecular weight excluding hydrogens is 311 g/mol. The minimum atomic E-state index is -0.219. The van der Waals surface area contributed by atoms with Crippen LogP contribution in [0.4, 0.5) is 4.39 Å². The summed E-state index contributed by atoms with van der Waals surface area (Å²) < 4.78 is 13.5. The first-order valence-corrected chi connectivity index (χ1v) is 8.68. The number of benzene rings is 1. The fourth-order valence-corrected chi connectivity index (χ4v) is 4.07. The number of aromatic nitrogens is 1. The molecule has 0 fully saturated rings. The van der Waals surface area contributed by atoms with Crippen molar-refractivity contribution in [3.63, 3.8) is 0 Å². The quantitative estimate of drug-likeness (QED) is 0.758. The minimum absolute atomic E-state index is 0.0620. The molecule has 5 heteroatoms. The van der Waals surface area contributed by atoms with Crippen LogP contribution in [0.15, 0.2) is 35.7 Å². The number of hydrogen-bond donors (Lipinski definition) is 2. The van der Waals surface area contributed by atoms with Gasteiger partial charge in [-0.1, -0.05) is 6.07 Å². The first kappa shape index (κ1) is 14.5. The van der Waals surface area contributed by atoms with E-state index in [1.165, 1.54) is 11.8 Å². The van der Waals surface area contributed by atoms with Crippen molar-refractivity contribution >= 4 is 28.1 Å². The van der Waals surface area contributed by atoms with Crippen molar-refractivity contribution in [3.05, 3.63) is 57.7 Å². The lowest BCUT2D eigenvalue weighted by molar-refractivity contribution is -0.121. The van der Waals surface area contributed by atoms with Crippen molar-refractivity contribution in [2.45, 2.75) is 31.7 Å². The summed E-state index contributed by atoms with van der Waals surface area (Å²) in [6, 6.07) is 8.90. The standard InChI is InChI=1S/C18H17FN2OS/c19-11-3-5-16-14(8-11)15-9-12(4-6-17(15)21-16)20-18(22)10-13-2-1-7-23-13/h1-3,5,7-8,12,21H,4,6,9-10H2,(H,20,22). The highest BCUT2D eigenvalue weighted by Crippen LogP contribution is 2.29. The summed E-state index contributed by atoms with van der Waals surface area (Å²) >= 11 is 1.60. The van der Waals surface area contributed by atoms with E-state index in [1.807, 2.05) is 17.5 Å². The van der Waals surface area contributed by atoms with Crippen LogP contribution in [0.2, 0.25) is 0 Å². The van der Waals surface area contributed by atoms with Gasteiger partial charge in [-0.05, 0) is 54.5 Å². The van der Waals surface area contributed by atoms with Gasteiger partial charge in [-0.2, -0.15) is 0 Å². The molecule has 1 unspecified atom stereocenters. The summed E-state index contributed by atoms with van der Waals surface area (Å²) in [5, 5.41) is 6.05. The maximum atomic E-state index is 13.5. The van der Waals surface area contributed by atoms with Gasteiger partial charge in [-0.25, -0.2) is 4.39 Å². The number of carbonyl (C=O) groups is 1. The molecule has 2 heterocycles. The highest BCUT2D eigenvalue weighted by Gasteiger charge is 2.24. The number of aromatic amines is 1. The zero-order valence-corrected chi connectivity index (χ0v) is 13.4. The molecule has 3 nitrogen and oxygen atoms in total. The average molecular weight is 328 g/mol. The third kappa shape index (κ3) is 2.88. The molecule has 1 amide bonds. The number of amides is 1. The van der Waals surface area contributed by atoms with Gasteiger partial charge < -0.3 is 10.3 Å². The van der Waals surface area contributed by atoms with E-state index in [-0.39, 0.29) is 17.8 Å². The maximum absolute atomic E-state index is 13.5. The molecule has 2 N–H and O–H groups in total. The van der Waals surface area contributed by atoms with E-state index < -0.39 is 0 Å². The van der Waals surface area contributed by atoms with Crippen molar-refractivity contribution in [1.82, 2.24) is 10.3 Å². The van der Waals surface area contributed by atoms with Gasteiger partial charge in [0.05, 0.1) is 6.42 Å². The minimum Gasteiger partial charge on any atom is -0.358 e. The van der Waals surface area contributed by atoms with Crippen LogP contribution in [0.5, 0.6) is 0 Å². The van der Waals surface area contributed by atoms with Crippen LogP contribution in [0, 0.1) is 5.82 Å². The predicted molar refractivity (Wildman–Crippen MR) is 90.2 cm³/mol. The summed E-state index contributed by atoms with van der Waals surface area (Å²) in [6.07, 6.45) is 2.99. The molecule has 3 aromatic rings. The van der Waals surface area contributed by atoms with E-state index in [2.05, 4.69) is 10.3 Å². The Labute approximate surface area is 137 Å². The SMILES string of the molecule is O=C(Cc1cccs1)NC1CCc2[nH]c3ccc(F)cc3c2C1. The fraction of sp³-hybridized carbons (Fsp3) is 0.278. The number of rotatable bonds is 3. The molecule has 0 radical (unpaired) electrons. The molecule has 1 aliphatic carbocycles. The molecular formula is C18H17FN2OS. The Bertz CT molecular complexity index is 853. The molecule has 1 atom stereocenters. The van der Waals surface area contributed by atoms with Gasteiger partial charge in [0.1, 0.15) is 5.82 Å². The van der Waals surface area contributed by atoms with Gasteiger partial charge in [-0.3, -0.25) is 4.79 Å². The Morgan fingerprint density at radius 1 is 1.39 bits per heavy atom. The zero-order valence-electron chi connectivity index (χ0n) is 12.6. The van der Waals surface area contributed by atoms with Gasteiger partial charge in [0.2, 0.25) is 5.91 Å². The van der Waals surface area contributed by atoms with Crippen LogP contribution in [-0.2, 0) is 24.1 Å². The fourth-order valence-electron chi connectivity index (χ4n) is 3.36. The van der Waals surface area contributed by atoms with Gasteiger partial charge in [0, 0.05) is 27.5 Å². The van der Waals surface area contributed by atoms with E-state index in [1.54, 1.807) is 23.5 Å². The van der Waals surface area contributed by atoms with Gasteiger partial charge in [-0.15, -0.1) is 11.3 Å². The van der Waals surface area contributed by atoms with Crippen LogP contribution in [-0.4, -0.2) is 16.9 Å². The van der Waals surface area contributed by atoms with E-state index in [0.717, 1.165) is 40.6 Å². The Morgan fingerprint density at radius 2 is 2.30 bits per heavy atom. The molecule has 0 saturated heterocycles. The molecule has 0 saturated carbocycles. The number of fused-ring (bicyclic) bond motifs is 3. The molecule has 0 aliphatic heterocycles. The molecule has 4 rings (SSSR count). The van der Waals surface area contributed by atoms with Crippen molar-refractivity contribution in [2.75, 3.05) is 0 Å². The summed E-state index contributed by atoms with van der Waals surface area (Å²) in [4.78, 5) is 16.6. The largest absolute Gasteiger partial charge is 0.358 e. The first-order valence-electron chi connectivity index (χ1n) is 7.80. The Kier molecular flexibility index (Phi) is 3.65. The van der Waals surface area contributed by atoms with Crippen LogP contribution in [0.1, 0.15) is 22.6 Å². The van der Waals surface area contributed by atoms with E-state index in [0.29, 0.717) is 6.42 Å². The van der Waals surface area contributed by atoms with E-state index in [9.17, 15) is 9.18 Å². The van der Waals surface area contributed by atoms with E-state index in [4.69, 9.17) is 0 Å². The summed E-state index contributed by atoms with van der Waals surface area (Å²) in [6.45, 7) is 0. The lowest BCUT2D eigenvalue weighted by Crippen LogP contribution is -2.39. The van der Waals surface area contributed by atoms with Gasteiger partial charge >= 0.3 is 0 Å². The molecule has 1 aromatic carbocycles. The molecule has 2 aromatic heterocycles. The summed E-state index contributed by atoms with van der Waals surface area (Å²) in [5.74, 6) is -0.157. The molecule has 23 heavy (non-hydrogen) atoms. The number of aryl methyl sites for hydroxylation is 1. The lowest BCUT2D eigenvalue weighted by Gasteiger charge is -2.23. The number of halogens is 1. The zero-order chi connectivity index (χ0) is 15.8. The van der Waals surface area contributed by atoms with Crippen molar-refractivity contribution < 1.29 is 9.18 Å². The highest BCUT2D eigenvalue weighted by molar-refractivity contribution is 7.10. The van der Waals surface area contributed by atoms with Crippen molar-refractivity contribution in [1.29, 1.82) is 0 Å². The van der Waals surface area contributed by atoms with Gasteiger partial charge in [0.25, 0.3) is 0 Å². The van der Waals surface area contributed by atoms with Crippen molar-refractivity contribution in [3.8, 4) is 0 Å². The molecule has 1 aliphatic rings. The maximum Gasteiger partial charge on any atom is 0.225 e. The second-order valence-corrected chi connectivity index (χ2v) is 7.07. The number of H-pyrrole nitrogens is 1. The highest BCUT2D eigenvalue weighted by atomic mass is 32.1. The van der Waals surface area contributed by atoms with Crippen LogP contribution in [0.25, 0.3) is 10.9 Å². The van der Waals surface area contributed by atoms with Gasteiger partial charge in [0.15, 0.2) is 0 Å². The third-order valence-corrected chi connectivity index (χ3v) is 5.31. The predicted octanol–water partition coefficient (Wildman–Crippen LogP) is 3.58. The van der Waals surface area contributed by atoms with Crippen molar-refractivity contribution in [2.24, 2.45) is 0 Å². The Balaban J connectivity index is 1.50. The lowest BCUT2D eigenvalue weighted by atomic mass is 9.91. The summed E-state index contributed by atoms with van der Waals surface area (Å²) in [7, 11) is 0. The molecule has 0 spiro atoms. The molecule has 118 valence electrons. The summed E-state index contributed by atoms with van der Waals surface area (Å²) in [5.41, 5.74) is 3.29. The van der Waals surface area contributed by atoms with E-state index >= 15 is 0 Å². The Hall–Kier alpha value is -2.14. The van der Waals surface area contributed by atoms with Crippen LogP contribution in [0.3, 0.4) is 0 Å².